The Hall–Kier alpha value is -4.93. The van der Waals surface area contributed by atoms with E-state index in [0.717, 1.165) is 25.7 Å². The van der Waals surface area contributed by atoms with Crippen molar-refractivity contribution in [3.63, 3.8) is 0 Å². The van der Waals surface area contributed by atoms with E-state index in [4.69, 9.17) is 9.26 Å². The largest absolute Gasteiger partial charge is 0.471 e. The monoisotopic (exact) mass is 791 g/mol. The van der Waals surface area contributed by atoms with Crippen molar-refractivity contribution in [1.82, 2.24) is 35.4 Å². The Morgan fingerprint density at radius 1 is 1.09 bits per heavy atom. The fourth-order valence-electron chi connectivity index (χ4n) is 7.67. The maximum atomic E-state index is 14.6. The minimum atomic E-state index is -4.01. The number of hydrogen-bond donors (Lipinski definition) is 3. The van der Waals surface area contributed by atoms with Gasteiger partial charge in [0.05, 0.1) is 22.3 Å². The predicted molar refractivity (Wildman–Crippen MR) is 199 cm³/mol. The van der Waals surface area contributed by atoms with E-state index < -0.39 is 73.9 Å². The van der Waals surface area contributed by atoms with Crippen molar-refractivity contribution >= 4 is 44.7 Å². The molecule has 2 aliphatic heterocycles. The highest BCUT2D eigenvalue weighted by atomic mass is 32.2. The number of carbonyl (C=O) groups is 4. The number of allylic oxidation sites excluding steroid dienone is 1. The normalized spacial score (nSPS) is 27.7. The fraction of sp³-hybridized carbons (Fsp3) is 0.564. The number of amides is 4. The van der Waals surface area contributed by atoms with Crippen LogP contribution in [0.25, 0.3) is 11.0 Å². The molecule has 4 amide bonds. The number of halogens is 1. The highest BCUT2D eigenvalue weighted by Crippen LogP contribution is 2.47. The molecule has 0 spiro atoms. The van der Waals surface area contributed by atoms with Crippen LogP contribution in [0.4, 0.5) is 4.39 Å². The lowest BCUT2D eigenvalue weighted by Crippen LogP contribution is -2.58. The summed E-state index contributed by atoms with van der Waals surface area (Å²) in [6, 6.07) is 3.45. The number of carbonyl (C=O) groups excluding carboxylic acids is 4. The molecule has 4 fully saturated rings. The summed E-state index contributed by atoms with van der Waals surface area (Å²) < 4.78 is 53.4. The van der Waals surface area contributed by atoms with E-state index in [0.29, 0.717) is 49.1 Å². The third-order valence-electron chi connectivity index (χ3n) is 11.8. The third-order valence-corrected chi connectivity index (χ3v) is 14.0. The first kappa shape index (κ1) is 38.0. The van der Waals surface area contributed by atoms with Crippen LogP contribution in [0.2, 0.25) is 0 Å². The van der Waals surface area contributed by atoms with Gasteiger partial charge in [-0.2, -0.15) is 0 Å². The van der Waals surface area contributed by atoms with Gasteiger partial charge in [-0.1, -0.05) is 37.1 Å². The van der Waals surface area contributed by atoms with Gasteiger partial charge >= 0.3 is 0 Å². The zero-order valence-corrected chi connectivity index (χ0v) is 32.2. The van der Waals surface area contributed by atoms with Gasteiger partial charge in [0.2, 0.25) is 27.7 Å². The van der Waals surface area contributed by atoms with Crippen LogP contribution in [0.1, 0.15) is 112 Å². The average molecular weight is 792 g/mol. The van der Waals surface area contributed by atoms with Gasteiger partial charge in [0, 0.05) is 30.4 Å². The quantitative estimate of drug-likeness (QED) is 0.267. The lowest BCUT2D eigenvalue weighted by molar-refractivity contribution is -0.141. The number of aromatic nitrogens is 3. The Labute approximate surface area is 323 Å². The van der Waals surface area contributed by atoms with Crippen LogP contribution in [0.5, 0.6) is 5.88 Å². The number of sulfonamides is 1. The van der Waals surface area contributed by atoms with Gasteiger partial charge in [-0.05, 0) is 76.8 Å². The second kappa shape index (κ2) is 14.5. The van der Waals surface area contributed by atoms with E-state index in [2.05, 4.69) is 30.5 Å². The zero-order chi connectivity index (χ0) is 39.4. The molecule has 3 N–H and O–H groups in total. The maximum Gasteiger partial charge on any atom is 0.274 e. The number of rotatable bonds is 9. The summed E-state index contributed by atoms with van der Waals surface area (Å²) in [5.41, 5.74) is -0.244. The molecule has 56 heavy (non-hydrogen) atoms. The summed E-state index contributed by atoms with van der Waals surface area (Å²) in [7, 11) is -4.01. The van der Waals surface area contributed by atoms with E-state index in [-0.39, 0.29) is 48.8 Å². The molecule has 5 atom stereocenters. The van der Waals surface area contributed by atoms with E-state index >= 15 is 0 Å². The van der Waals surface area contributed by atoms with Crippen molar-refractivity contribution in [3.8, 4) is 5.88 Å². The first-order chi connectivity index (χ1) is 26.8. The lowest BCUT2D eigenvalue weighted by Gasteiger charge is -2.30. The molecule has 298 valence electrons. The summed E-state index contributed by atoms with van der Waals surface area (Å²) in [5, 5.41) is 9.66. The summed E-state index contributed by atoms with van der Waals surface area (Å²) >= 11 is 0. The van der Waals surface area contributed by atoms with Crippen molar-refractivity contribution in [2.75, 3.05) is 6.54 Å². The Kier molecular flexibility index (Phi) is 9.86. The molecule has 0 radical (unpaired) electrons. The van der Waals surface area contributed by atoms with Gasteiger partial charge < -0.3 is 24.8 Å². The molecule has 17 heteroatoms. The molecular formula is C39H46FN7O8S. The first-order valence-electron chi connectivity index (χ1n) is 19.6. The molecule has 1 saturated heterocycles. The molecule has 4 heterocycles. The Morgan fingerprint density at radius 2 is 1.89 bits per heavy atom. The minimum Gasteiger partial charge on any atom is -0.471 e. The van der Waals surface area contributed by atoms with Crippen LogP contribution < -0.4 is 20.1 Å². The summed E-state index contributed by atoms with van der Waals surface area (Å²) in [6.45, 7) is 3.36. The smallest absolute Gasteiger partial charge is 0.274 e. The van der Waals surface area contributed by atoms with Crippen molar-refractivity contribution in [3.05, 3.63) is 59.4 Å². The molecule has 0 unspecified atom stereocenters. The van der Waals surface area contributed by atoms with Crippen molar-refractivity contribution in [2.24, 2.45) is 5.92 Å². The van der Waals surface area contributed by atoms with Crippen LogP contribution in [-0.4, -0.2) is 87.1 Å². The molecule has 0 bridgehead atoms. The Bertz CT molecular complexity index is 2220. The van der Waals surface area contributed by atoms with E-state index in [1.807, 2.05) is 19.1 Å². The van der Waals surface area contributed by atoms with Gasteiger partial charge in [0.1, 0.15) is 41.0 Å². The number of nitrogens with one attached hydrogen (secondary N) is 3. The summed E-state index contributed by atoms with van der Waals surface area (Å²) in [4.78, 5) is 67.0. The molecule has 2 aromatic heterocycles. The van der Waals surface area contributed by atoms with Crippen molar-refractivity contribution < 1.29 is 41.2 Å². The van der Waals surface area contributed by atoms with Crippen LogP contribution in [0.3, 0.4) is 0 Å². The number of aryl methyl sites for hydroxylation is 1. The number of hydrogen-bond acceptors (Lipinski definition) is 11. The lowest BCUT2D eigenvalue weighted by atomic mass is 10.0. The van der Waals surface area contributed by atoms with E-state index in [1.165, 1.54) is 23.1 Å². The average Bonchev–Trinajstić information content (AvgIpc) is 4.13. The van der Waals surface area contributed by atoms with Crippen LogP contribution >= 0.6 is 0 Å². The molecule has 15 nitrogen and oxygen atoms in total. The van der Waals surface area contributed by atoms with Gasteiger partial charge in [0.15, 0.2) is 5.69 Å². The molecule has 5 aliphatic rings. The Balaban J connectivity index is 1.10. The van der Waals surface area contributed by atoms with Gasteiger partial charge in [-0.25, -0.2) is 22.8 Å². The van der Waals surface area contributed by atoms with Crippen LogP contribution in [-0.2, 0) is 30.8 Å². The number of fused-ring (bicyclic) bond motifs is 3. The standard InChI is InChI=1S/C39H46FN7O8S/c1-3-26-35(43-29-17-24(40)13-14-27(29)41-26)54-25-18-31-34(49)44-39(37(51)46-56(52,53)38(2)15-16-38)20-23(39)9-7-5-4-6-8-10-28(36(50)47(31)21-25)42-33(48)30-19-32(55-45-30)22-11-12-22/h7,9,13-14,17,19,22-23,25,28,31H,3-6,8,10-12,15-16,18,20-21H2,1-2H3,(H,42,48)(H,44,49)(H,46,51)/t23-,25-,28+,31+,39-/m1/s1. The van der Waals surface area contributed by atoms with Crippen molar-refractivity contribution in [2.45, 2.75) is 125 Å². The fourth-order valence-corrected chi connectivity index (χ4v) is 8.98. The highest BCUT2D eigenvalue weighted by molar-refractivity contribution is 7.91. The van der Waals surface area contributed by atoms with E-state index in [1.54, 1.807) is 13.0 Å². The second-order valence-electron chi connectivity index (χ2n) is 16.1. The number of nitrogens with zero attached hydrogens (tertiary/aromatic N) is 4. The molecule has 3 aromatic rings. The molecule has 1 aromatic carbocycles. The minimum absolute atomic E-state index is 0.0210. The summed E-state index contributed by atoms with van der Waals surface area (Å²) in [5.74, 6) is -2.58. The van der Waals surface area contributed by atoms with Gasteiger partial charge in [-0.15, -0.1) is 0 Å². The summed E-state index contributed by atoms with van der Waals surface area (Å²) in [6.07, 6.45) is 9.38. The van der Waals surface area contributed by atoms with Gasteiger partial charge in [0.25, 0.3) is 11.8 Å². The first-order valence-corrected chi connectivity index (χ1v) is 21.0. The number of benzene rings is 1. The maximum absolute atomic E-state index is 14.6. The van der Waals surface area contributed by atoms with Crippen LogP contribution in [0, 0.1) is 11.7 Å². The zero-order valence-electron chi connectivity index (χ0n) is 31.4. The van der Waals surface area contributed by atoms with Crippen molar-refractivity contribution in [1.29, 1.82) is 0 Å². The molecular weight excluding hydrogens is 746 g/mol. The predicted octanol–water partition coefficient (Wildman–Crippen LogP) is 3.74. The van der Waals surface area contributed by atoms with Gasteiger partial charge in [-0.3, -0.25) is 23.9 Å². The molecule has 3 aliphatic carbocycles. The highest BCUT2D eigenvalue weighted by Gasteiger charge is 2.63. The third kappa shape index (κ3) is 7.49. The van der Waals surface area contributed by atoms with Crippen LogP contribution in [0.15, 0.2) is 40.9 Å². The number of ether oxygens (including phenoxy) is 1. The van der Waals surface area contributed by atoms with E-state index in [9.17, 15) is 32.0 Å². The molecule has 3 saturated carbocycles. The topological polar surface area (TPSA) is 203 Å². The SMILES string of the molecule is CCc1nc2ccc(F)cc2nc1O[C@@H]1C[C@H]2C(=O)N[C@]3(C(=O)NS(=O)(=O)C4(C)CC4)C[C@H]3C=CCCCCC[C@H](NC(=O)c3cc(C4CC4)on3)C(=O)N2C1. The Morgan fingerprint density at radius 3 is 2.64 bits per heavy atom. The molecule has 8 rings (SSSR count). The second-order valence-corrected chi connectivity index (χ2v) is 18.3.